The minimum atomic E-state index is -0.407. The zero-order valence-corrected chi connectivity index (χ0v) is 39.8. The molecule has 17 heteroatoms. The minimum absolute atomic E-state index is 0.0466. The van der Waals surface area contributed by atoms with E-state index in [1.807, 2.05) is 58.9 Å². The fourth-order valence-electron chi connectivity index (χ4n) is 9.96. The number of carbonyl (C=O) groups excluding carboxylic acids is 3. The van der Waals surface area contributed by atoms with Crippen LogP contribution in [0.4, 0.5) is 16.2 Å². The van der Waals surface area contributed by atoms with Crippen LogP contribution in [0.1, 0.15) is 111 Å². The lowest BCUT2D eigenvalue weighted by Gasteiger charge is -2.35. The van der Waals surface area contributed by atoms with Crippen LogP contribution in [0.25, 0.3) is 33.5 Å². The van der Waals surface area contributed by atoms with Crippen molar-refractivity contribution in [2.45, 2.75) is 98.1 Å². The molecular formula is C50H63N13O4. The highest BCUT2D eigenvalue weighted by atomic mass is 16.5. The number of hydrogen-bond acceptors (Lipinski definition) is 12. The summed E-state index contributed by atoms with van der Waals surface area (Å²) in [5.41, 5.74) is 10.5. The van der Waals surface area contributed by atoms with Crippen LogP contribution >= 0.6 is 0 Å². The first-order valence-electron chi connectivity index (χ1n) is 23.8. The number of benzene rings is 2. The third kappa shape index (κ3) is 9.84. The number of fused-ring (bicyclic) bond motifs is 1. The summed E-state index contributed by atoms with van der Waals surface area (Å²) in [6.45, 7) is 21.8. The van der Waals surface area contributed by atoms with Crippen molar-refractivity contribution in [1.29, 1.82) is 0 Å². The summed E-state index contributed by atoms with van der Waals surface area (Å²) in [6, 6.07) is 16.2. The van der Waals surface area contributed by atoms with E-state index in [0.717, 1.165) is 133 Å². The van der Waals surface area contributed by atoms with Crippen molar-refractivity contribution < 1.29 is 18.9 Å². The van der Waals surface area contributed by atoms with Gasteiger partial charge in [0.25, 0.3) is 0 Å². The first-order chi connectivity index (χ1) is 32.2. The number of hydrogen-bond donors (Lipinski definition) is 4. The quantitative estimate of drug-likeness (QED) is 0.0855. The maximum Gasteiger partial charge on any atom is 0.328 e. The number of aromatic nitrogens is 7. The van der Waals surface area contributed by atoms with Gasteiger partial charge in [0, 0.05) is 91.2 Å². The molecule has 352 valence electrons. The molecule has 4 N–H and O–H groups in total. The molecule has 0 radical (unpaired) electrons. The van der Waals surface area contributed by atoms with E-state index in [2.05, 4.69) is 88.7 Å². The SMILES string of the molecule is Cc1cc(-c2ncnc3[nH]c(-c4c(C)nn(C5CCN(CCNCC6CCN(c7ccc(N8CCC(=O)NC8=O)cc7)CC6)CC5)c4C)cc23)ccc1C(C)NC(=O)c1nc(C(C)(C)C)no1. The fraction of sp³-hybridized carbons (Fsp3) is 0.480. The van der Waals surface area contributed by atoms with Gasteiger partial charge in [-0.05, 0) is 113 Å². The van der Waals surface area contributed by atoms with Gasteiger partial charge in [0.1, 0.15) is 12.0 Å². The van der Waals surface area contributed by atoms with Crippen LogP contribution in [-0.2, 0) is 10.2 Å². The average Bonchev–Trinajstić information content (AvgIpc) is 4.06. The Bertz CT molecular complexity index is 2750. The summed E-state index contributed by atoms with van der Waals surface area (Å²) in [4.78, 5) is 60.7. The van der Waals surface area contributed by atoms with Gasteiger partial charge < -0.3 is 29.9 Å². The molecule has 3 fully saturated rings. The minimum Gasteiger partial charge on any atom is -0.372 e. The molecule has 1 atom stereocenters. The van der Waals surface area contributed by atoms with Crippen molar-refractivity contribution in [3.63, 3.8) is 0 Å². The van der Waals surface area contributed by atoms with Crippen LogP contribution in [-0.4, -0.2) is 110 Å². The predicted molar refractivity (Wildman–Crippen MR) is 258 cm³/mol. The second kappa shape index (κ2) is 19.0. The average molecular weight is 910 g/mol. The van der Waals surface area contributed by atoms with Gasteiger partial charge in [-0.2, -0.15) is 10.1 Å². The number of imide groups is 1. The Morgan fingerprint density at radius 3 is 2.37 bits per heavy atom. The number of likely N-dealkylation sites (tertiary alicyclic amines) is 1. The maximum atomic E-state index is 13.0. The molecule has 17 nitrogen and oxygen atoms in total. The number of carbonyl (C=O) groups is 3. The highest BCUT2D eigenvalue weighted by Gasteiger charge is 2.29. The molecule has 9 rings (SSSR count). The summed E-state index contributed by atoms with van der Waals surface area (Å²) >= 11 is 0. The van der Waals surface area contributed by atoms with E-state index in [9.17, 15) is 14.4 Å². The van der Waals surface area contributed by atoms with Gasteiger partial charge in [0.05, 0.1) is 29.2 Å². The number of urea groups is 1. The molecule has 2 aromatic carbocycles. The highest BCUT2D eigenvalue weighted by molar-refractivity contribution is 6.05. The van der Waals surface area contributed by atoms with Crippen molar-refractivity contribution in [2.24, 2.45) is 5.92 Å². The molecule has 6 aromatic rings. The number of nitrogens with zero attached hydrogens (tertiary/aromatic N) is 9. The smallest absolute Gasteiger partial charge is 0.328 e. The summed E-state index contributed by atoms with van der Waals surface area (Å²) < 4.78 is 7.52. The third-order valence-corrected chi connectivity index (χ3v) is 13.8. The number of H-pyrrole nitrogens is 1. The lowest BCUT2D eigenvalue weighted by Crippen LogP contribution is -2.49. The second-order valence-electron chi connectivity index (χ2n) is 19.6. The molecule has 7 heterocycles. The predicted octanol–water partition coefficient (Wildman–Crippen LogP) is 7.17. The molecule has 0 spiro atoms. The van der Waals surface area contributed by atoms with Crippen LogP contribution in [0.15, 0.2) is 59.4 Å². The first-order valence-corrected chi connectivity index (χ1v) is 23.8. The van der Waals surface area contributed by atoms with Crippen molar-refractivity contribution in [2.75, 3.05) is 62.2 Å². The van der Waals surface area contributed by atoms with Gasteiger partial charge in [-0.25, -0.2) is 14.8 Å². The van der Waals surface area contributed by atoms with Gasteiger partial charge in [-0.3, -0.25) is 24.5 Å². The summed E-state index contributed by atoms with van der Waals surface area (Å²) in [5, 5.41) is 19.2. The lowest BCUT2D eigenvalue weighted by molar-refractivity contribution is -0.120. The summed E-state index contributed by atoms with van der Waals surface area (Å²) in [5.74, 6) is 0.475. The molecule has 67 heavy (non-hydrogen) atoms. The Morgan fingerprint density at radius 1 is 0.925 bits per heavy atom. The van der Waals surface area contributed by atoms with Crippen molar-refractivity contribution >= 4 is 40.3 Å². The standard InChI is InChI=1S/C50H63N13O4/c1-30-26-35(8-13-39(30)31(2)54-46(65)47-57-48(59-67-47)50(5,6)7)44-40-27-41(55-45(40)53-29-52-44)43-32(3)58-63(33(43)4)38-16-20-60(21-17-38)25-19-51-28-34-14-22-61(23-15-34)36-9-11-37(12-10-36)62-24-18-42(64)56-49(62)66/h8-13,26-27,29,31,34,38,51H,14-25,28H2,1-7H3,(H,54,65)(H,52,53,55)(H,56,64,66). The molecule has 3 saturated heterocycles. The number of nitrogens with one attached hydrogen (secondary N) is 4. The first kappa shape index (κ1) is 45.7. The third-order valence-electron chi connectivity index (χ3n) is 13.8. The van der Waals surface area contributed by atoms with Crippen LogP contribution in [0.5, 0.6) is 0 Å². The van der Waals surface area contributed by atoms with Gasteiger partial charge in [0.2, 0.25) is 5.91 Å². The van der Waals surface area contributed by atoms with E-state index in [1.54, 1.807) is 11.2 Å². The van der Waals surface area contributed by atoms with E-state index >= 15 is 0 Å². The van der Waals surface area contributed by atoms with Crippen LogP contribution in [0.3, 0.4) is 0 Å². The highest BCUT2D eigenvalue weighted by Crippen LogP contribution is 2.36. The molecule has 4 aromatic heterocycles. The Kier molecular flexibility index (Phi) is 13.0. The fourth-order valence-corrected chi connectivity index (χ4v) is 9.96. The van der Waals surface area contributed by atoms with Gasteiger partial charge in [0.15, 0.2) is 5.82 Å². The maximum absolute atomic E-state index is 13.0. The molecule has 3 aliphatic rings. The van der Waals surface area contributed by atoms with E-state index in [-0.39, 0.29) is 29.3 Å². The largest absolute Gasteiger partial charge is 0.372 e. The molecule has 0 saturated carbocycles. The van der Waals surface area contributed by atoms with E-state index in [4.69, 9.17) is 14.6 Å². The normalized spacial score (nSPS) is 17.4. The molecule has 1 unspecified atom stereocenters. The van der Waals surface area contributed by atoms with E-state index < -0.39 is 5.91 Å². The van der Waals surface area contributed by atoms with Crippen molar-refractivity contribution in [3.8, 4) is 22.5 Å². The van der Waals surface area contributed by atoms with Gasteiger partial charge in [-0.15, -0.1) is 0 Å². The number of anilines is 2. The monoisotopic (exact) mass is 910 g/mol. The zero-order chi connectivity index (χ0) is 47.0. The number of aromatic amines is 1. The van der Waals surface area contributed by atoms with Crippen molar-refractivity contribution in [3.05, 3.63) is 89.1 Å². The molecule has 4 amide bonds. The number of amides is 4. The Balaban J connectivity index is 0.751. The van der Waals surface area contributed by atoms with Crippen LogP contribution in [0, 0.1) is 26.7 Å². The zero-order valence-electron chi connectivity index (χ0n) is 39.8. The van der Waals surface area contributed by atoms with Crippen LogP contribution in [0.2, 0.25) is 0 Å². The summed E-state index contributed by atoms with van der Waals surface area (Å²) in [7, 11) is 0. The molecule has 3 aliphatic heterocycles. The molecular weight excluding hydrogens is 847 g/mol. The Labute approximate surface area is 391 Å². The summed E-state index contributed by atoms with van der Waals surface area (Å²) in [6.07, 6.45) is 6.34. The van der Waals surface area contributed by atoms with Gasteiger partial charge in [-0.1, -0.05) is 38.1 Å². The molecule has 0 aliphatic carbocycles. The number of rotatable bonds is 13. The van der Waals surface area contributed by atoms with E-state index in [1.165, 1.54) is 5.69 Å². The number of aryl methyl sites for hydroxylation is 2. The Hall–Kier alpha value is -6.46. The number of piperidine rings is 2. The topological polar surface area (TPSA) is 195 Å². The Morgan fingerprint density at radius 2 is 1.67 bits per heavy atom. The van der Waals surface area contributed by atoms with E-state index in [0.29, 0.717) is 30.7 Å². The molecule has 0 bridgehead atoms. The lowest BCUT2D eigenvalue weighted by atomic mass is 9.96. The second-order valence-corrected chi connectivity index (χ2v) is 19.6. The van der Waals surface area contributed by atoms with Gasteiger partial charge >= 0.3 is 17.8 Å². The van der Waals surface area contributed by atoms with Crippen molar-refractivity contribution in [1.82, 2.24) is 55.7 Å². The van der Waals surface area contributed by atoms with Crippen LogP contribution < -0.4 is 25.8 Å².